The number of hydrogen-bond donors (Lipinski definition) is 1. The van der Waals surface area contributed by atoms with Crippen molar-refractivity contribution in [1.82, 2.24) is 5.32 Å². The summed E-state index contributed by atoms with van der Waals surface area (Å²) in [7, 11) is 1.47. The largest absolute Gasteiger partial charge is 0.492 e. The van der Waals surface area contributed by atoms with Gasteiger partial charge in [-0.1, -0.05) is 17.7 Å². The Morgan fingerprint density at radius 3 is 2.83 bits per heavy atom. The molecule has 4 nitrogen and oxygen atoms in total. The fraction of sp³-hybridized carbons (Fsp3) is 0.231. The summed E-state index contributed by atoms with van der Waals surface area (Å²) < 4.78 is 5.29. The maximum Gasteiger partial charge on any atom is 0.261 e. The molecule has 1 aromatic rings. The van der Waals surface area contributed by atoms with Gasteiger partial charge in [-0.25, -0.2) is 0 Å². The molecule has 0 aliphatic rings. The number of halogens is 1. The molecule has 0 aromatic heterocycles. The molecule has 1 rings (SSSR count). The SMILES string of the molecule is CCOc1ccc(/C=C(/C#N)C(=O)NC)cc1Cl. The maximum absolute atomic E-state index is 11.3. The Balaban J connectivity index is 3.05. The Kier molecular flexibility index (Phi) is 5.22. The van der Waals surface area contributed by atoms with Gasteiger partial charge in [0.1, 0.15) is 17.4 Å². The molecule has 0 fully saturated rings. The molecule has 0 saturated heterocycles. The second-order valence-electron chi connectivity index (χ2n) is 3.37. The molecule has 0 aliphatic carbocycles. The van der Waals surface area contributed by atoms with Crippen LogP contribution in [0.3, 0.4) is 0 Å². The summed E-state index contributed by atoms with van der Waals surface area (Å²) in [5, 5.41) is 11.7. The van der Waals surface area contributed by atoms with Crippen molar-refractivity contribution >= 4 is 23.6 Å². The van der Waals surface area contributed by atoms with Crippen LogP contribution in [-0.2, 0) is 4.79 Å². The van der Waals surface area contributed by atoms with Crippen molar-refractivity contribution in [2.75, 3.05) is 13.7 Å². The van der Waals surface area contributed by atoms with Gasteiger partial charge in [0.25, 0.3) is 5.91 Å². The van der Waals surface area contributed by atoms with Gasteiger partial charge in [-0.15, -0.1) is 0 Å². The number of ether oxygens (including phenoxy) is 1. The van der Waals surface area contributed by atoms with Crippen molar-refractivity contribution in [2.45, 2.75) is 6.92 Å². The number of benzene rings is 1. The minimum absolute atomic E-state index is 0.0257. The fourth-order valence-corrected chi connectivity index (χ4v) is 1.57. The van der Waals surface area contributed by atoms with E-state index in [4.69, 9.17) is 21.6 Å². The molecule has 0 bridgehead atoms. The number of nitriles is 1. The first kappa shape index (κ1) is 14.1. The van der Waals surface area contributed by atoms with Crippen molar-refractivity contribution < 1.29 is 9.53 Å². The summed E-state index contributed by atoms with van der Waals surface area (Å²) in [6.45, 7) is 2.39. The smallest absolute Gasteiger partial charge is 0.261 e. The third kappa shape index (κ3) is 3.51. The van der Waals surface area contributed by atoms with Gasteiger partial charge in [-0.2, -0.15) is 5.26 Å². The quantitative estimate of drug-likeness (QED) is 0.671. The van der Waals surface area contributed by atoms with Gasteiger partial charge in [0.15, 0.2) is 0 Å². The summed E-state index contributed by atoms with van der Waals surface area (Å²) in [4.78, 5) is 11.3. The molecule has 1 N–H and O–H groups in total. The van der Waals surface area contributed by atoms with Crippen LogP contribution in [0.4, 0.5) is 0 Å². The van der Waals surface area contributed by atoms with Crippen LogP contribution < -0.4 is 10.1 Å². The maximum atomic E-state index is 11.3. The van der Waals surface area contributed by atoms with Crippen LogP contribution in [0.5, 0.6) is 5.75 Å². The monoisotopic (exact) mass is 264 g/mol. The molecule has 0 unspecified atom stereocenters. The third-order valence-electron chi connectivity index (χ3n) is 2.16. The number of carbonyl (C=O) groups excluding carboxylic acids is 1. The van der Waals surface area contributed by atoms with Crippen molar-refractivity contribution in [2.24, 2.45) is 0 Å². The van der Waals surface area contributed by atoms with Gasteiger partial charge in [-0.05, 0) is 30.7 Å². The van der Waals surface area contributed by atoms with Gasteiger partial charge in [-0.3, -0.25) is 4.79 Å². The number of rotatable bonds is 4. The Bertz CT molecular complexity index is 518. The topological polar surface area (TPSA) is 62.1 Å². The summed E-state index contributed by atoms with van der Waals surface area (Å²) in [6.07, 6.45) is 1.47. The third-order valence-corrected chi connectivity index (χ3v) is 2.45. The number of nitrogens with zero attached hydrogens (tertiary/aromatic N) is 1. The average Bonchev–Trinajstić information content (AvgIpc) is 2.38. The van der Waals surface area contributed by atoms with Gasteiger partial charge >= 0.3 is 0 Å². The Labute approximate surface area is 111 Å². The Morgan fingerprint density at radius 1 is 1.61 bits per heavy atom. The van der Waals surface area contributed by atoms with E-state index in [1.165, 1.54) is 13.1 Å². The number of nitrogens with one attached hydrogen (secondary N) is 1. The molecule has 18 heavy (non-hydrogen) atoms. The van der Waals surface area contributed by atoms with E-state index in [0.29, 0.717) is 22.9 Å². The molecule has 1 amide bonds. The lowest BCUT2D eigenvalue weighted by Crippen LogP contribution is -2.19. The number of carbonyl (C=O) groups is 1. The molecule has 0 spiro atoms. The average molecular weight is 265 g/mol. The summed E-state index contributed by atoms with van der Waals surface area (Å²) in [5.74, 6) is 0.150. The normalized spacial score (nSPS) is 10.7. The van der Waals surface area contributed by atoms with E-state index in [2.05, 4.69) is 5.32 Å². The van der Waals surface area contributed by atoms with Crippen LogP contribution in [-0.4, -0.2) is 19.6 Å². The van der Waals surface area contributed by atoms with E-state index in [-0.39, 0.29) is 5.57 Å². The minimum Gasteiger partial charge on any atom is -0.492 e. The molecule has 5 heteroatoms. The second-order valence-corrected chi connectivity index (χ2v) is 3.78. The lowest BCUT2D eigenvalue weighted by atomic mass is 10.1. The van der Waals surface area contributed by atoms with E-state index >= 15 is 0 Å². The molecule has 0 radical (unpaired) electrons. The standard InChI is InChI=1S/C13H13ClN2O2/c1-3-18-12-5-4-9(7-11(12)14)6-10(8-15)13(17)16-2/h4-7H,3H2,1-2H3,(H,16,17)/b10-6-. The molecule has 0 heterocycles. The second kappa shape index (κ2) is 6.67. The lowest BCUT2D eigenvalue weighted by molar-refractivity contribution is -0.116. The Morgan fingerprint density at radius 2 is 2.33 bits per heavy atom. The number of likely N-dealkylation sites (N-methyl/N-ethyl adjacent to an activating group) is 1. The van der Waals surface area contributed by atoms with Gasteiger partial charge < -0.3 is 10.1 Å². The van der Waals surface area contributed by atoms with Gasteiger partial charge in [0.2, 0.25) is 0 Å². The van der Waals surface area contributed by atoms with Crippen molar-refractivity contribution in [1.29, 1.82) is 5.26 Å². The van der Waals surface area contributed by atoms with Gasteiger partial charge in [0, 0.05) is 7.05 Å². The number of amides is 1. The van der Waals surface area contributed by atoms with Crippen molar-refractivity contribution in [3.05, 3.63) is 34.4 Å². The predicted octanol–water partition coefficient (Wildman–Crippen LogP) is 2.39. The molecule has 1 aromatic carbocycles. The highest BCUT2D eigenvalue weighted by molar-refractivity contribution is 6.32. The summed E-state index contributed by atoms with van der Waals surface area (Å²) in [5.41, 5.74) is 0.696. The Hall–Kier alpha value is -1.99. The number of hydrogen-bond acceptors (Lipinski definition) is 3. The molecular formula is C13H13ClN2O2. The highest BCUT2D eigenvalue weighted by Gasteiger charge is 2.07. The zero-order chi connectivity index (χ0) is 13.5. The minimum atomic E-state index is -0.428. The van der Waals surface area contributed by atoms with E-state index in [1.54, 1.807) is 18.2 Å². The van der Waals surface area contributed by atoms with Crippen LogP contribution in [0.1, 0.15) is 12.5 Å². The first-order valence-electron chi connectivity index (χ1n) is 5.38. The lowest BCUT2D eigenvalue weighted by Gasteiger charge is -2.06. The predicted molar refractivity (Wildman–Crippen MR) is 70.3 cm³/mol. The summed E-state index contributed by atoms with van der Waals surface area (Å²) in [6, 6.07) is 6.92. The van der Waals surface area contributed by atoms with E-state index in [1.807, 2.05) is 13.0 Å². The molecule has 0 atom stereocenters. The van der Waals surface area contributed by atoms with E-state index in [0.717, 1.165) is 0 Å². The molecular weight excluding hydrogens is 252 g/mol. The summed E-state index contributed by atoms with van der Waals surface area (Å²) >= 11 is 6.01. The zero-order valence-corrected chi connectivity index (χ0v) is 10.9. The fourth-order valence-electron chi connectivity index (χ4n) is 1.33. The first-order chi connectivity index (χ1) is 8.62. The van der Waals surface area contributed by atoms with Crippen LogP contribution in [0.2, 0.25) is 5.02 Å². The van der Waals surface area contributed by atoms with E-state index < -0.39 is 5.91 Å². The molecule has 0 saturated carbocycles. The first-order valence-corrected chi connectivity index (χ1v) is 5.76. The van der Waals surface area contributed by atoms with Crippen molar-refractivity contribution in [3.63, 3.8) is 0 Å². The van der Waals surface area contributed by atoms with Crippen LogP contribution in [0.25, 0.3) is 6.08 Å². The van der Waals surface area contributed by atoms with Gasteiger partial charge in [0.05, 0.1) is 11.6 Å². The van der Waals surface area contributed by atoms with Crippen LogP contribution in [0.15, 0.2) is 23.8 Å². The van der Waals surface area contributed by atoms with Crippen LogP contribution in [0, 0.1) is 11.3 Å². The zero-order valence-electron chi connectivity index (χ0n) is 10.2. The highest BCUT2D eigenvalue weighted by Crippen LogP contribution is 2.26. The van der Waals surface area contributed by atoms with Crippen molar-refractivity contribution in [3.8, 4) is 11.8 Å². The highest BCUT2D eigenvalue weighted by atomic mass is 35.5. The molecule has 94 valence electrons. The molecule has 0 aliphatic heterocycles. The van der Waals surface area contributed by atoms with E-state index in [9.17, 15) is 4.79 Å². The van der Waals surface area contributed by atoms with Crippen LogP contribution >= 0.6 is 11.6 Å².